The van der Waals surface area contributed by atoms with Gasteiger partial charge in [0.1, 0.15) is 5.75 Å². The van der Waals surface area contributed by atoms with Gasteiger partial charge in [-0.25, -0.2) is 0 Å². The molecule has 0 spiro atoms. The van der Waals surface area contributed by atoms with E-state index >= 15 is 0 Å². The van der Waals surface area contributed by atoms with Crippen LogP contribution in [-0.2, 0) is 6.54 Å². The summed E-state index contributed by atoms with van der Waals surface area (Å²) in [7, 11) is 1.83. The highest BCUT2D eigenvalue weighted by atomic mass is 127. The monoisotopic (exact) mass is 475 g/mol. The second-order valence-corrected chi connectivity index (χ2v) is 7.98. The number of nitrogens with one attached hydrogen (secondary N) is 2. The Morgan fingerprint density at radius 1 is 1.16 bits per heavy atom. The van der Waals surface area contributed by atoms with E-state index in [1.54, 1.807) is 0 Å². The Kier molecular flexibility index (Phi) is 9.23. The average molecular weight is 475 g/mol. The molecular weight excluding hydrogens is 445 g/mol. The number of benzene rings is 1. The summed E-state index contributed by atoms with van der Waals surface area (Å²) in [5.74, 6) is 3.18. The Morgan fingerprint density at radius 3 is 2.68 bits per heavy atom. The number of halogens is 1. The zero-order chi connectivity index (χ0) is 16.6. The van der Waals surface area contributed by atoms with E-state index in [4.69, 9.17) is 4.74 Å². The molecule has 3 rings (SSSR count). The summed E-state index contributed by atoms with van der Waals surface area (Å²) in [4.78, 5) is 4.34. The highest BCUT2D eigenvalue weighted by Crippen LogP contribution is 2.27. The summed E-state index contributed by atoms with van der Waals surface area (Å²) < 4.78 is 6.21. The van der Waals surface area contributed by atoms with Gasteiger partial charge in [0, 0.05) is 31.0 Å². The minimum absolute atomic E-state index is 0. The van der Waals surface area contributed by atoms with Crippen LogP contribution in [0.4, 0.5) is 0 Å². The third kappa shape index (κ3) is 6.55. The van der Waals surface area contributed by atoms with Gasteiger partial charge < -0.3 is 15.4 Å². The van der Waals surface area contributed by atoms with Crippen molar-refractivity contribution >= 4 is 41.7 Å². The maximum Gasteiger partial charge on any atom is 0.191 e. The number of hydrogen-bond acceptors (Lipinski definition) is 3. The topological polar surface area (TPSA) is 45.7 Å². The maximum absolute atomic E-state index is 6.21. The van der Waals surface area contributed by atoms with Gasteiger partial charge in [0.15, 0.2) is 5.96 Å². The van der Waals surface area contributed by atoms with Crippen molar-refractivity contribution in [2.75, 3.05) is 19.3 Å². The molecule has 1 heterocycles. The highest BCUT2D eigenvalue weighted by molar-refractivity contribution is 14.0. The molecule has 0 amide bonds. The van der Waals surface area contributed by atoms with Crippen LogP contribution in [0.5, 0.6) is 5.75 Å². The Bertz CT molecular complexity index is 543. The smallest absolute Gasteiger partial charge is 0.191 e. The van der Waals surface area contributed by atoms with Gasteiger partial charge in [0.05, 0.1) is 6.10 Å². The second kappa shape index (κ2) is 11.2. The van der Waals surface area contributed by atoms with Crippen LogP contribution < -0.4 is 15.4 Å². The largest absolute Gasteiger partial charge is 0.490 e. The SMILES string of the molecule is CN=C(NCc1ccccc1OC1CCCC1)NCC1CCCS1.I. The third-order valence-electron chi connectivity index (χ3n) is 4.76. The molecule has 2 N–H and O–H groups in total. The number of ether oxygens (including phenoxy) is 1. The van der Waals surface area contributed by atoms with Crippen LogP contribution in [0.15, 0.2) is 29.3 Å². The van der Waals surface area contributed by atoms with E-state index in [1.807, 2.05) is 7.05 Å². The zero-order valence-corrected chi connectivity index (χ0v) is 18.1. The summed E-state index contributed by atoms with van der Waals surface area (Å²) in [5, 5.41) is 7.60. The van der Waals surface area contributed by atoms with Crippen molar-refractivity contribution < 1.29 is 4.74 Å². The van der Waals surface area contributed by atoms with Gasteiger partial charge in [0.25, 0.3) is 0 Å². The number of para-hydroxylation sites is 1. The van der Waals surface area contributed by atoms with E-state index in [0.29, 0.717) is 6.10 Å². The number of rotatable bonds is 6. The van der Waals surface area contributed by atoms with Gasteiger partial charge in [0.2, 0.25) is 0 Å². The van der Waals surface area contributed by atoms with Crippen LogP contribution in [0.2, 0.25) is 0 Å². The molecule has 2 fully saturated rings. The first-order valence-electron chi connectivity index (χ1n) is 9.16. The molecule has 0 radical (unpaired) electrons. The predicted octanol–water partition coefficient (Wildman–Crippen LogP) is 4.19. The van der Waals surface area contributed by atoms with Crippen LogP contribution in [0.25, 0.3) is 0 Å². The lowest BCUT2D eigenvalue weighted by Crippen LogP contribution is -2.39. The Balaban J connectivity index is 0.00000225. The number of thioether (sulfide) groups is 1. The van der Waals surface area contributed by atoms with Crippen molar-refractivity contribution in [1.82, 2.24) is 10.6 Å². The molecule has 0 aromatic heterocycles. The van der Waals surface area contributed by atoms with Crippen LogP contribution in [0.1, 0.15) is 44.1 Å². The van der Waals surface area contributed by atoms with E-state index in [9.17, 15) is 0 Å². The average Bonchev–Trinajstić information content (AvgIpc) is 3.30. The van der Waals surface area contributed by atoms with E-state index in [-0.39, 0.29) is 24.0 Å². The van der Waals surface area contributed by atoms with Gasteiger partial charge in [-0.05, 0) is 50.3 Å². The number of hydrogen-bond donors (Lipinski definition) is 2. The molecule has 1 aliphatic carbocycles. The van der Waals surface area contributed by atoms with Gasteiger partial charge in [-0.1, -0.05) is 18.2 Å². The van der Waals surface area contributed by atoms with E-state index in [2.05, 4.69) is 51.7 Å². The fourth-order valence-electron chi connectivity index (χ4n) is 3.37. The van der Waals surface area contributed by atoms with Crippen molar-refractivity contribution in [2.24, 2.45) is 4.99 Å². The molecule has 0 bridgehead atoms. The minimum Gasteiger partial charge on any atom is -0.490 e. The Morgan fingerprint density at radius 2 is 1.96 bits per heavy atom. The molecule has 1 saturated carbocycles. The predicted molar refractivity (Wildman–Crippen MR) is 118 cm³/mol. The first-order chi connectivity index (χ1) is 11.8. The first kappa shape index (κ1) is 20.7. The highest BCUT2D eigenvalue weighted by Gasteiger charge is 2.18. The Labute approximate surface area is 173 Å². The molecule has 1 aliphatic heterocycles. The van der Waals surface area contributed by atoms with Crippen molar-refractivity contribution in [3.8, 4) is 5.75 Å². The molecular formula is C19H30IN3OS. The van der Waals surface area contributed by atoms with Crippen LogP contribution >= 0.6 is 35.7 Å². The summed E-state index contributed by atoms with van der Waals surface area (Å²) >= 11 is 2.06. The fourth-order valence-corrected chi connectivity index (χ4v) is 4.57. The standard InChI is InChI=1S/C19H29N3OS.HI/c1-20-19(22-14-17-10-6-12-24-17)21-13-15-7-2-5-11-18(15)23-16-8-3-4-9-16;/h2,5,7,11,16-17H,3-4,6,8-10,12-14H2,1H3,(H2,20,21,22);1H. The van der Waals surface area contributed by atoms with Crippen molar-refractivity contribution in [1.29, 1.82) is 0 Å². The van der Waals surface area contributed by atoms with Gasteiger partial charge >= 0.3 is 0 Å². The molecule has 1 aromatic carbocycles. The molecule has 140 valence electrons. The normalized spacial score (nSPS) is 21.0. The van der Waals surface area contributed by atoms with Crippen LogP contribution in [-0.4, -0.2) is 36.7 Å². The third-order valence-corrected chi connectivity index (χ3v) is 6.16. The van der Waals surface area contributed by atoms with Gasteiger partial charge in [-0.3, -0.25) is 4.99 Å². The number of nitrogens with zero attached hydrogens (tertiary/aromatic N) is 1. The number of guanidine groups is 1. The van der Waals surface area contributed by atoms with Crippen molar-refractivity contribution in [3.63, 3.8) is 0 Å². The van der Waals surface area contributed by atoms with E-state index in [0.717, 1.165) is 30.0 Å². The van der Waals surface area contributed by atoms with E-state index in [1.165, 1.54) is 49.8 Å². The molecule has 1 atom stereocenters. The minimum atomic E-state index is 0. The van der Waals surface area contributed by atoms with Crippen molar-refractivity contribution in [2.45, 2.75) is 56.4 Å². The van der Waals surface area contributed by atoms with Crippen molar-refractivity contribution in [3.05, 3.63) is 29.8 Å². The van der Waals surface area contributed by atoms with Gasteiger partial charge in [-0.15, -0.1) is 24.0 Å². The zero-order valence-electron chi connectivity index (χ0n) is 15.0. The van der Waals surface area contributed by atoms with E-state index < -0.39 is 0 Å². The Hall–Kier alpha value is -0.630. The summed E-state index contributed by atoms with van der Waals surface area (Å²) in [6.45, 7) is 1.73. The van der Waals surface area contributed by atoms with Crippen LogP contribution in [0.3, 0.4) is 0 Å². The molecule has 1 aromatic rings. The number of aliphatic imine (C=N–C) groups is 1. The van der Waals surface area contributed by atoms with Gasteiger partial charge in [-0.2, -0.15) is 11.8 Å². The van der Waals surface area contributed by atoms with Crippen LogP contribution in [0, 0.1) is 0 Å². The molecule has 6 heteroatoms. The molecule has 25 heavy (non-hydrogen) atoms. The molecule has 2 aliphatic rings. The first-order valence-corrected chi connectivity index (χ1v) is 10.2. The fraction of sp³-hybridized carbons (Fsp3) is 0.632. The lowest BCUT2D eigenvalue weighted by Gasteiger charge is -2.18. The molecule has 1 unspecified atom stereocenters. The summed E-state index contributed by atoms with van der Waals surface area (Å²) in [5.41, 5.74) is 1.20. The maximum atomic E-state index is 6.21. The lowest BCUT2D eigenvalue weighted by atomic mass is 10.2. The summed E-state index contributed by atoms with van der Waals surface area (Å²) in [6, 6.07) is 8.35. The summed E-state index contributed by atoms with van der Waals surface area (Å²) in [6.07, 6.45) is 8.00. The lowest BCUT2D eigenvalue weighted by molar-refractivity contribution is 0.208. The quantitative estimate of drug-likeness (QED) is 0.368. The molecule has 4 nitrogen and oxygen atoms in total. The molecule has 1 saturated heterocycles. The second-order valence-electron chi connectivity index (χ2n) is 6.57.